The molecule has 25 heavy (non-hydrogen) atoms. The second kappa shape index (κ2) is 6.59. The van der Waals surface area contributed by atoms with Gasteiger partial charge < -0.3 is 19.4 Å². The molecule has 0 saturated heterocycles. The van der Waals surface area contributed by atoms with Gasteiger partial charge in [-0.15, -0.1) is 11.6 Å². The number of H-pyrrole nitrogens is 1. The van der Waals surface area contributed by atoms with Gasteiger partial charge in [0, 0.05) is 17.4 Å². The quantitative estimate of drug-likeness (QED) is 0.668. The Hall–Kier alpha value is -2.21. The van der Waals surface area contributed by atoms with Crippen LogP contribution >= 0.6 is 11.6 Å². The number of halogens is 1. The molecule has 1 aliphatic heterocycles. The Bertz CT molecular complexity index is 832. The average molecular weight is 365 g/mol. The molecule has 7 heteroatoms. The lowest BCUT2D eigenvalue weighted by atomic mass is 9.86. The van der Waals surface area contributed by atoms with Crippen LogP contribution in [0.15, 0.2) is 18.2 Å². The van der Waals surface area contributed by atoms with Crippen molar-refractivity contribution < 1.29 is 19.1 Å². The molecular weight excluding hydrogens is 344 g/mol. The smallest absolute Gasteiger partial charge is 0.338 e. The molecule has 1 aromatic heterocycles. The van der Waals surface area contributed by atoms with Crippen molar-refractivity contribution in [2.45, 2.75) is 25.8 Å². The number of benzene rings is 1. The van der Waals surface area contributed by atoms with Crippen LogP contribution in [0.2, 0.25) is 0 Å². The van der Waals surface area contributed by atoms with E-state index in [1.54, 1.807) is 21.0 Å². The van der Waals surface area contributed by atoms with E-state index in [1.807, 2.05) is 18.2 Å². The van der Waals surface area contributed by atoms with Gasteiger partial charge in [-0.25, -0.2) is 4.79 Å². The fourth-order valence-corrected chi connectivity index (χ4v) is 3.69. The number of esters is 1. The summed E-state index contributed by atoms with van der Waals surface area (Å²) in [5, 5.41) is 0.989. The van der Waals surface area contributed by atoms with E-state index in [4.69, 9.17) is 21.1 Å². The van der Waals surface area contributed by atoms with Gasteiger partial charge in [-0.05, 0) is 44.0 Å². The van der Waals surface area contributed by atoms with Crippen molar-refractivity contribution in [1.82, 2.24) is 9.88 Å². The number of nitrogens with one attached hydrogen (secondary N) is 1. The van der Waals surface area contributed by atoms with Crippen LogP contribution in [-0.4, -0.2) is 47.9 Å². The van der Waals surface area contributed by atoms with Gasteiger partial charge in [0.2, 0.25) is 5.91 Å². The van der Waals surface area contributed by atoms with Crippen molar-refractivity contribution in [3.63, 3.8) is 0 Å². The van der Waals surface area contributed by atoms with Crippen molar-refractivity contribution in [2.75, 3.05) is 26.1 Å². The molecule has 0 saturated carbocycles. The van der Waals surface area contributed by atoms with E-state index >= 15 is 0 Å². The Balaban J connectivity index is 2.21. The van der Waals surface area contributed by atoms with Gasteiger partial charge in [-0.2, -0.15) is 0 Å². The molecule has 6 nitrogen and oxygen atoms in total. The predicted octanol–water partition coefficient (Wildman–Crippen LogP) is 2.58. The third kappa shape index (κ3) is 2.65. The Labute approximate surface area is 151 Å². The van der Waals surface area contributed by atoms with Crippen molar-refractivity contribution >= 4 is 34.4 Å². The lowest BCUT2D eigenvalue weighted by Crippen LogP contribution is -2.57. The van der Waals surface area contributed by atoms with Crippen molar-refractivity contribution in [3.05, 3.63) is 29.5 Å². The topological polar surface area (TPSA) is 71.6 Å². The molecule has 0 unspecified atom stereocenters. The summed E-state index contributed by atoms with van der Waals surface area (Å²) >= 11 is 5.77. The van der Waals surface area contributed by atoms with Gasteiger partial charge in [-0.1, -0.05) is 0 Å². The van der Waals surface area contributed by atoms with Gasteiger partial charge in [0.1, 0.15) is 11.6 Å². The minimum absolute atomic E-state index is 0.182. The Morgan fingerprint density at radius 1 is 1.40 bits per heavy atom. The van der Waals surface area contributed by atoms with Crippen LogP contribution < -0.4 is 4.74 Å². The first kappa shape index (κ1) is 17.6. The summed E-state index contributed by atoms with van der Waals surface area (Å²) in [7, 11) is 1.61. The summed E-state index contributed by atoms with van der Waals surface area (Å²) in [6.45, 7) is 4.09. The number of rotatable bonds is 4. The number of amides is 1. The highest BCUT2D eigenvalue weighted by Crippen LogP contribution is 2.40. The van der Waals surface area contributed by atoms with E-state index in [0.29, 0.717) is 18.7 Å². The first-order valence-electron chi connectivity index (χ1n) is 8.20. The second-order valence-electron chi connectivity index (χ2n) is 6.11. The van der Waals surface area contributed by atoms with Crippen LogP contribution in [0.3, 0.4) is 0 Å². The lowest BCUT2D eigenvalue weighted by molar-refractivity contribution is -0.164. The van der Waals surface area contributed by atoms with Crippen LogP contribution in [0.4, 0.5) is 0 Å². The third-order valence-electron chi connectivity index (χ3n) is 4.81. The Kier molecular flexibility index (Phi) is 4.64. The summed E-state index contributed by atoms with van der Waals surface area (Å²) in [6.07, 6.45) is 0.625. The number of aromatic amines is 1. The van der Waals surface area contributed by atoms with Gasteiger partial charge in [0.25, 0.3) is 0 Å². The molecule has 0 aliphatic carbocycles. The number of nitrogens with zero attached hydrogens (tertiary/aromatic N) is 1. The molecule has 0 fully saturated rings. The van der Waals surface area contributed by atoms with Gasteiger partial charge in [0.15, 0.2) is 5.54 Å². The summed E-state index contributed by atoms with van der Waals surface area (Å²) in [4.78, 5) is 30.0. The molecule has 0 bridgehead atoms. The molecule has 1 amide bonds. The molecule has 0 radical (unpaired) electrons. The summed E-state index contributed by atoms with van der Waals surface area (Å²) < 4.78 is 10.6. The maximum atomic E-state index is 12.8. The first-order valence-corrected chi connectivity index (χ1v) is 8.73. The summed E-state index contributed by atoms with van der Waals surface area (Å²) in [6, 6.07) is 5.70. The van der Waals surface area contributed by atoms with Gasteiger partial charge in [0.05, 0.1) is 19.4 Å². The molecule has 1 atom stereocenters. The molecule has 1 aliphatic rings. The van der Waals surface area contributed by atoms with Gasteiger partial charge in [-0.3, -0.25) is 4.79 Å². The van der Waals surface area contributed by atoms with E-state index in [0.717, 1.165) is 22.2 Å². The SMILES string of the molecule is CCOC(=O)[C@]1(C)c2[nH]c3ccc(OC)cc3c2CCN1C(=O)CCl. The van der Waals surface area contributed by atoms with Crippen LogP contribution in [0.25, 0.3) is 10.9 Å². The Morgan fingerprint density at radius 2 is 2.16 bits per heavy atom. The largest absolute Gasteiger partial charge is 0.497 e. The normalized spacial score (nSPS) is 19.6. The fourth-order valence-electron chi connectivity index (χ4n) is 3.54. The Morgan fingerprint density at radius 3 is 2.80 bits per heavy atom. The molecule has 1 aromatic carbocycles. The van der Waals surface area contributed by atoms with Crippen LogP contribution in [0, 0.1) is 0 Å². The highest BCUT2D eigenvalue weighted by Gasteiger charge is 2.50. The maximum Gasteiger partial charge on any atom is 0.338 e. The highest BCUT2D eigenvalue weighted by atomic mass is 35.5. The molecule has 0 spiro atoms. The minimum atomic E-state index is -1.23. The van der Waals surface area contributed by atoms with Crippen molar-refractivity contribution in [3.8, 4) is 5.75 Å². The molecular formula is C18H21ClN2O4. The highest BCUT2D eigenvalue weighted by molar-refractivity contribution is 6.27. The monoisotopic (exact) mass is 364 g/mol. The third-order valence-corrected chi connectivity index (χ3v) is 5.04. The number of hydrogen-bond donors (Lipinski definition) is 1. The minimum Gasteiger partial charge on any atom is -0.497 e. The summed E-state index contributed by atoms with van der Waals surface area (Å²) in [5.74, 6) is -0.197. The van der Waals surface area contributed by atoms with Gasteiger partial charge >= 0.3 is 5.97 Å². The number of carbonyl (C=O) groups is 2. The van der Waals surface area contributed by atoms with E-state index in [2.05, 4.69) is 4.98 Å². The zero-order valence-corrected chi connectivity index (χ0v) is 15.3. The number of fused-ring (bicyclic) bond motifs is 3. The average Bonchev–Trinajstić information content (AvgIpc) is 3.00. The maximum absolute atomic E-state index is 12.8. The van der Waals surface area contributed by atoms with E-state index in [1.165, 1.54) is 4.90 Å². The standard InChI is InChI=1S/C18H21ClN2O4/c1-4-25-17(23)18(2)16-12(7-8-21(18)15(22)10-19)13-9-11(24-3)5-6-14(13)20-16/h5-6,9,20H,4,7-8,10H2,1-3H3/t18-/m0/s1. The second-order valence-corrected chi connectivity index (χ2v) is 6.38. The van der Waals surface area contributed by atoms with E-state index in [-0.39, 0.29) is 18.4 Å². The molecule has 2 heterocycles. The van der Waals surface area contributed by atoms with E-state index in [9.17, 15) is 9.59 Å². The number of hydrogen-bond acceptors (Lipinski definition) is 4. The van der Waals surface area contributed by atoms with Crippen LogP contribution in [0.1, 0.15) is 25.1 Å². The van der Waals surface area contributed by atoms with Crippen LogP contribution in [0.5, 0.6) is 5.75 Å². The summed E-state index contributed by atoms with van der Waals surface area (Å²) in [5.41, 5.74) is 1.34. The predicted molar refractivity (Wildman–Crippen MR) is 95.0 cm³/mol. The van der Waals surface area contributed by atoms with Crippen LogP contribution in [-0.2, 0) is 26.3 Å². The first-order chi connectivity index (χ1) is 12.0. The molecule has 3 rings (SSSR count). The van der Waals surface area contributed by atoms with Crippen molar-refractivity contribution in [2.24, 2.45) is 0 Å². The van der Waals surface area contributed by atoms with Crippen molar-refractivity contribution in [1.29, 1.82) is 0 Å². The fraction of sp³-hybridized carbons (Fsp3) is 0.444. The number of carbonyl (C=O) groups excluding carboxylic acids is 2. The zero-order valence-electron chi connectivity index (χ0n) is 14.5. The lowest BCUT2D eigenvalue weighted by Gasteiger charge is -2.42. The zero-order chi connectivity index (χ0) is 18.2. The molecule has 134 valence electrons. The van der Waals surface area contributed by atoms with E-state index < -0.39 is 11.5 Å². The number of alkyl halides is 1. The number of ether oxygens (including phenoxy) is 2. The molecule has 2 aromatic rings. The number of aromatic nitrogens is 1. The molecule has 1 N–H and O–H groups in total. The number of methoxy groups -OCH3 is 1.